The summed E-state index contributed by atoms with van der Waals surface area (Å²) in [7, 11) is -3.66. The highest BCUT2D eigenvalue weighted by Crippen LogP contribution is 2.22. The first-order valence-electron chi connectivity index (χ1n) is 9.95. The molecule has 3 aromatic rings. The summed E-state index contributed by atoms with van der Waals surface area (Å²) in [6.07, 6.45) is 3.85. The normalized spacial score (nSPS) is 15.2. The third-order valence-corrected chi connectivity index (χ3v) is 7.39. The monoisotopic (exact) mass is 459 g/mol. The van der Waals surface area contributed by atoms with Crippen LogP contribution in [0.4, 0.5) is 0 Å². The predicted molar refractivity (Wildman–Crippen MR) is 117 cm³/mol. The van der Waals surface area contributed by atoms with Crippen molar-refractivity contribution in [3.8, 4) is 5.82 Å². The Balaban J connectivity index is 1.50. The van der Waals surface area contributed by atoms with Gasteiger partial charge in [-0.3, -0.25) is 4.79 Å². The van der Waals surface area contributed by atoms with Gasteiger partial charge in [0.2, 0.25) is 10.0 Å². The Morgan fingerprint density at radius 3 is 2.52 bits per heavy atom. The molecule has 0 unspecified atom stereocenters. The number of rotatable bonds is 5. The molecule has 0 aliphatic carbocycles. The number of aromatic nitrogens is 3. The smallest absolute Gasteiger partial charge is 0.257 e. The van der Waals surface area contributed by atoms with E-state index < -0.39 is 10.0 Å². The van der Waals surface area contributed by atoms with Crippen molar-refractivity contribution in [3.63, 3.8) is 0 Å². The van der Waals surface area contributed by atoms with Crippen LogP contribution in [0.5, 0.6) is 0 Å². The van der Waals surface area contributed by atoms with Crippen LogP contribution in [0.15, 0.2) is 59.8 Å². The van der Waals surface area contributed by atoms with E-state index in [0.717, 1.165) is 5.69 Å². The molecule has 1 saturated heterocycles. The summed E-state index contributed by atoms with van der Waals surface area (Å²) in [6.45, 7) is 3.00. The molecule has 0 bridgehead atoms. The summed E-state index contributed by atoms with van der Waals surface area (Å²) in [5.74, 6) is 0.495. The first-order valence-corrected chi connectivity index (χ1v) is 11.8. The van der Waals surface area contributed by atoms with Crippen LogP contribution in [0.3, 0.4) is 0 Å². The maximum absolute atomic E-state index is 13.2. The molecule has 0 spiro atoms. The first kappa shape index (κ1) is 21.5. The van der Waals surface area contributed by atoms with E-state index in [0.29, 0.717) is 35.9 Å². The molecular weight excluding hydrogens is 438 g/mol. The minimum atomic E-state index is -3.66. The number of nitrogens with zero attached hydrogens (tertiary/aromatic N) is 5. The number of sulfonamides is 1. The Bertz CT molecular complexity index is 1190. The first-order chi connectivity index (χ1) is 14.9. The van der Waals surface area contributed by atoms with Gasteiger partial charge in [0.15, 0.2) is 5.82 Å². The molecule has 1 amide bonds. The van der Waals surface area contributed by atoms with Crippen molar-refractivity contribution in [1.29, 1.82) is 0 Å². The largest absolute Gasteiger partial charge is 0.336 e. The Labute approximate surface area is 186 Å². The Hall–Kier alpha value is -2.75. The van der Waals surface area contributed by atoms with Crippen molar-refractivity contribution >= 4 is 27.5 Å². The maximum atomic E-state index is 13.2. The summed E-state index contributed by atoms with van der Waals surface area (Å²) < 4.78 is 28.8. The van der Waals surface area contributed by atoms with Gasteiger partial charge < -0.3 is 4.90 Å². The second kappa shape index (κ2) is 8.78. The van der Waals surface area contributed by atoms with E-state index >= 15 is 0 Å². The zero-order valence-corrected chi connectivity index (χ0v) is 18.6. The van der Waals surface area contributed by atoms with Gasteiger partial charge >= 0.3 is 0 Å². The Morgan fingerprint density at radius 1 is 1.10 bits per heavy atom. The molecule has 1 aliphatic rings. The summed E-state index contributed by atoms with van der Waals surface area (Å²) >= 11 is 5.95. The van der Waals surface area contributed by atoms with E-state index in [-0.39, 0.29) is 23.9 Å². The number of hydrogen-bond acceptors (Lipinski definition) is 5. The van der Waals surface area contributed by atoms with Crippen LogP contribution in [0.2, 0.25) is 5.02 Å². The van der Waals surface area contributed by atoms with Crippen molar-refractivity contribution in [2.75, 3.05) is 26.2 Å². The van der Waals surface area contributed by atoms with Crippen molar-refractivity contribution in [3.05, 3.63) is 71.1 Å². The number of piperazine rings is 1. The molecule has 8 nitrogen and oxygen atoms in total. The fraction of sp³-hybridized carbons (Fsp3) is 0.286. The number of hydrogen-bond donors (Lipinski definition) is 0. The highest BCUT2D eigenvalue weighted by molar-refractivity contribution is 7.89. The number of amides is 1. The van der Waals surface area contributed by atoms with Gasteiger partial charge in [-0.25, -0.2) is 18.1 Å². The molecule has 1 fully saturated rings. The molecule has 31 heavy (non-hydrogen) atoms. The SMILES string of the molecule is CCc1c(C(=O)N2CCN(S(=O)(=O)c3cccc(Cl)c3)CC2)cnn1-c1ccccn1. The Kier molecular flexibility index (Phi) is 6.08. The quantitative estimate of drug-likeness (QED) is 0.585. The lowest BCUT2D eigenvalue weighted by Gasteiger charge is -2.34. The minimum Gasteiger partial charge on any atom is -0.336 e. The van der Waals surface area contributed by atoms with E-state index in [4.69, 9.17) is 11.6 Å². The van der Waals surface area contributed by atoms with Crippen LogP contribution in [-0.4, -0.2) is 64.5 Å². The average Bonchev–Trinajstić information content (AvgIpc) is 3.23. The predicted octanol–water partition coefficient (Wildman–Crippen LogP) is 2.63. The minimum absolute atomic E-state index is 0.154. The maximum Gasteiger partial charge on any atom is 0.257 e. The highest BCUT2D eigenvalue weighted by atomic mass is 35.5. The number of halogens is 1. The lowest BCUT2D eigenvalue weighted by atomic mass is 10.1. The molecule has 1 aliphatic heterocycles. The third kappa shape index (κ3) is 4.21. The summed E-state index contributed by atoms with van der Waals surface area (Å²) in [6, 6.07) is 11.7. The van der Waals surface area contributed by atoms with E-state index in [9.17, 15) is 13.2 Å². The van der Waals surface area contributed by atoms with Crippen molar-refractivity contribution < 1.29 is 13.2 Å². The second-order valence-corrected chi connectivity index (χ2v) is 9.49. The lowest BCUT2D eigenvalue weighted by Crippen LogP contribution is -2.50. The molecule has 0 saturated carbocycles. The van der Waals surface area contributed by atoms with Gasteiger partial charge in [-0.05, 0) is 36.8 Å². The van der Waals surface area contributed by atoms with E-state index in [1.807, 2.05) is 25.1 Å². The van der Waals surface area contributed by atoms with Gasteiger partial charge in [0.25, 0.3) is 5.91 Å². The fourth-order valence-corrected chi connectivity index (χ4v) is 5.37. The van der Waals surface area contributed by atoms with E-state index in [1.54, 1.807) is 34.1 Å². The topological polar surface area (TPSA) is 88.4 Å². The molecule has 10 heteroatoms. The molecule has 2 aromatic heterocycles. The van der Waals surface area contributed by atoms with Gasteiger partial charge in [-0.1, -0.05) is 30.7 Å². The summed E-state index contributed by atoms with van der Waals surface area (Å²) in [5, 5.41) is 4.73. The molecular formula is C21H22ClN5O3S. The number of carbonyl (C=O) groups excluding carboxylic acids is 1. The third-order valence-electron chi connectivity index (χ3n) is 5.26. The number of carbonyl (C=O) groups is 1. The van der Waals surface area contributed by atoms with Gasteiger partial charge in [0, 0.05) is 37.4 Å². The van der Waals surface area contributed by atoms with Crippen molar-refractivity contribution in [2.45, 2.75) is 18.2 Å². The number of pyridine rings is 1. The lowest BCUT2D eigenvalue weighted by molar-refractivity contribution is 0.0696. The van der Waals surface area contributed by atoms with Crippen LogP contribution in [-0.2, 0) is 16.4 Å². The van der Waals surface area contributed by atoms with Crippen molar-refractivity contribution in [2.24, 2.45) is 0 Å². The summed E-state index contributed by atoms with van der Waals surface area (Å²) in [4.78, 5) is 19.3. The average molecular weight is 460 g/mol. The van der Waals surface area contributed by atoms with Crippen LogP contribution < -0.4 is 0 Å². The molecule has 162 valence electrons. The molecule has 0 N–H and O–H groups in total. The zero-order chi connectivity index (χ0) is 22.0. The second-order valence-electron chi connectivity index (χ2n) is 7.11. The highest BCUT2D eigenvalue weighted by Gasteiger charge is 2.31. The molecule has 0 radical (unpaired) electrons. The van der Waals surface area contributed by atoms with Crippen molar-refractivity contribution in [1.82, 2.24) is 24.0 Å². The van der Waals surface area contributed by atoms with Gasteiger partial charge in [-0.2, -0.15) is 9.40 Å². The van der Waals surface area contributed by atoms with E-state index in [2.05, 4.69) is 10.1 Å². The molecule has 4 rings (SSSR count). The summed E-state index contributed by atoms with van der Waals surface area (Å²) in [5.41, 5.74) is 1.29. The van der Waals surface area contributed by atoms with Gasteiger partial charge in [-0.15, -0.1) is 0 Å². The molecule has 3 heterocycles. The van der Waals surface area contributed by atoms with Crippen LogP contribution >= 0.6 is 11.6 Å². The van der Waals surface area contributed by atoms with Gasteiger partial charge in [0.05, 0.1) is 22.3 Å². The van der Waals surface area contributed by atoms with Crippen LogP contribution in [0.1, 0.15) is 23.0 Å². The Morgan fingerprint density at radius 2 is 1.87 bits per heavy atom. The van der Waals surface area contributed by atoms with Crippen LogP contribution in [0, 0.1) is 0 Å². The van der Waals surface area contributed by atoms with Gasteiger partial charge in [0.1, 0.15) is 0 Å². The zero-order valence-electron chi connectivity index (χ0n) is 17.0. The fourth-order valence-electron chi connectivity index (χ4n) is 3.65. The molecule has 1 aromatic carbocycles. The number of benzene rings is 1. The molecule has 0 atom stereocenters. The standard InChI is InChI=1S/C21H22ClN5O3S/c1-2-19-18(15-24-27(19)20-8-3-4-9-23-20)21(28)25-10-12-26(13-11-25)31(29,30)17-7-5-6-16(22)14-17/h3-9,14-15H,2,10-13H2,1H3. The van der Waals surface area contributed by atoms with E-state index in [1.165, 1.54) is 16.4 Å². The van der Waals surface area contributed by atoms with Crippen LogP contribution in [0.25, 0.3) is 5.82 Å².